The van der Waals surface area contributed by atoms with Gasteiger partial charge in [0.05, 0.1) is 6.20 Å². The minimum atomic E-state index is 0.457. The maximum atomic E-state index is 5.96. The van der Waals surface area contributed by atoms with E-state index in [9.17, 15) is 0 Å². The van der Waals surface area contributed by atoms with Gasteiger partial charge in [-0.2, -0.15) is 10.1 Å². The van der Waals surface area contributed by atoms with Crippen LogP contribution in [0.15, 0.2) is 48.9 Å². The molecule has 0 atom stereocenters. The third-order valence-electron chi connectivity index (χ3n) is 3.21. The van der Waals surface area contributed by atoms with Gasteiger partial charge in [-0.15, -0.1) is 5.10 Å². The van der Waals surface area contributed by atoms with Gasteiger partial charge in [-0.1, -0.05) is 11.6 Å². The van der Waals surface area contributed by atoms with E-state index in [-0.39, 0.29) is 0 Å². The molecule has 0 amide bonds. The molecule has 0 unspecified atom stereocenters. The van der Waals surface area contributed by atoms with E-state index >= 15 is 0 Å². The second-order valence-electron chi connectivity index (χ2n) is 4.96. The van der Waals surface area contributed by atoms with Crippen LogP contribution in [0.5, 0.6) is 0 Å². The van der Waals surface area contributed by atoms with Crippen LogP contribution >= 0.6 is 11.6 Å². The van der Waals surface area contributed by atoms with E-state index in [1.54, 1.807) is 18.6 Å². The number of aryl methyl sites for hydroxylation is 1. The summed E-state index contributed by atoms with van der Waals surface area (Å²) in [6.45, 7) is 2.58. The predicted octanol–water partition coefficient (Wildman–Crippen LogP) is 3.58. The fourth-order valence-electron chi connectivity index (χ4n) is 2.03. The van der Waals surface area contributed by atoms with Gasteiger partial charge in [0, 0.05) is 29.6 Å². The summed E-state index contributed by atoms with van der Waals surface area (Å²) in [6, 6.07) is 9.48. The first kappa shape index (κ1) is 15.2. The van der Waals surface area contributed by atoms with Crippen molar-refractivity contribution in [3.05, 3.63) is 65.1 Å². The summed E-state index contributed by atoms with van der Waals surface area (Å²) in [5, 5.41) is 15.0. The van der Waals surface area contributed by atoms with E-state index in [2.05, 4.69) is 30.8 Å². The Morgan fingerprint density at radius 3 is 2.74 bits per heavy atom. The molecule has 2 aromatic heterocycles. The first-order valence-corrected chi connectivity index (χ1v) is 7.44. The van der Waals surface area contributed by atoms with Gasteiger partial charge in [-0.3, -0.25) is 4.98 Å². The van der Waals surface area contributed by atoms with E-state index in [1.807, 2.05) is 37.3 Å². The Morgan fingerprint density at radius 1 is 1.13 bits per heavy atom. The second kappa shape index (κ2) is 7.02. The van der Waals surface area contributed by atoms with Crippen LogP contribution in [0, 0.1) is 6.92 Å². The molecule has 0 aliphatic heterocycles. The van der Waals surface area contributed by atoms with Crippen molar-refractivity contribution in [3.8, 4) is 0 Å². The number of nitrogens with zero attached hydrogens (tertiary/aromatic N) is 4. The van der Waals surface area contributed by atoms with Gasteiger partial charge < -0.3 is 10.6 Å². The molecule has 116 valence electrons. The van der Waals surface area contributed by atoms with E-state index in [1.165, 1.54) is 0 Å². The molecule has 1 aromatic carbocycles. The zero-order valence-electron chi connectivity index (χ0n) is 12.5. The monoisotopic (exact) mass is 326 g/mol. The lowest BCUT2D eigenvalue weighted by Crippen LogP contribution is -2.06. The molecule has 0 saturated heterocycles. The highest BCUT2D eigenvalue weighted by molar-refractivity contribution is 6.30. The third-order valence-corrected chi connectivity index (χ3v) is 3.45. The van der Waals surface area contributed by atoms with Crippen molar-refractivity contribution in [1.82, 2.24) is 20.2 Å². The fraction of sp³-hybridized carbons (Fsp3) is 0.125. The van der Waals surface area contributed by atoms with Crippen LogP contribution in [0.25, 0.3) is 0 Å². The van der Waals surface area contributed by atoms with Crippen LogP contribution in [-0.4, -0.2) is 20.2 Å². The zero-order valence-corrected chi connectivity index (χ0v) is 13.2. The predicted molar refractivity (Wildman–Crippen MR) is 90.9 cm³/mol. The number of rotatable bonds is 5. The van der Waals surface area contributed by atoms with Crippen molar-refractivity contribution in [2.45, 2.75) is 13.5 Å². The molecular formula is C16H15ClN6. The standard InChI is InChI=1S/C16H15ClN6/c1-11-8-13(17)2-3-14(11)21-15-10-20-23-16(22-15)19-9-12-4-6-18-7-5-12/h2-8,10H,9H2,1H3,(H2,19,21,22,23). The van der Waals surface area contributed by atoms with Gasteiger partial charge in [-0.25, -0.2) is 0 Å². The van der Waals surface area contributed by atoms with Crippen LogP contribution in [0.3, 0.4) is 0 Å². The van der Waals surface area contributed by atoms with Crippen molar-refractivity contribution < 1.29 is 0 Å². The molecule has 23 heavy (non-hydrogen) atoms. The summed E-state index contributed by atoms with van der Waals surface area (Å²) < 4.78 is 0. The van der Waals surface area contributed by atoms with Crippen LogP contribution in [0.2, 0.25) is 5.02 Å². The molecule has 6 nitrogen and oxygen atoms in total. The summed E-state index contributed by atoms with van der Waals surface area (Å²) >= 11 is 5.96. The molecular weight excluding hydrogens is 312 g/mol. The lowest BCUT2D eigenvalue weighted by atomic mass is 10.2. The van der Waals surface area contributed by atoms with Crippen molar-refractivity contribution in [2.75, 3.05) is 10.6 Å². The van der Waals surface area contributed by atoms with Crippen LogP contribution in [-0.2, 0) is 6.54 Å². The van der Waals surface area contributed by atoms with Crippen molar-refractivity contribution in [3.63, 3.8) is 0 Å². The number of anilines is 3. The number of aromatic nitrogens is 4. The number of hydrogen-bond acceptors (Lipinski definition) is 6. The molecule has 0 bridgehead atoms. The molecule has 0 fully saturated rings. The molecule has 2 N–H and O–H groups in total. The Balaban J connectivity index is 1.69. The third kappa shape index (κ3) is 4.14. The smallest absolute Gasteiger partial charge is 0.244 e. The zero-order chi connectivity index (χ0) is 16.1. The molecule has 0 aliphatic rings. The quantitative estimate of drug-likeness (QED) is 0.746. The number of nitrogens with one attached hydrogen (secondary N) is 2. The van der Waals surface area contributed by atoms with Gasteiger partial charge in [0.1, 0.15) is 0 Å². The average Bonchev–Trinajstić information content (AvgIpc) is 2.57. The van der Waals surface area contributed by atoms with Crippen LogP contribution in [0.1, 0.15) is 11.1 Å². The SMILES string of the molecule is Cc1cc(Cl)ccc1Nc1cnnc(NCc2ccncc2)n1. The van der Waals surface area contributed by atoms with Crippen LogP contribution in [0.4, 0.5) is 17.5 Å². The van der Waals surface area contributed by atoms with E-state index in [0.717, 1.165) is 16.8 Å². The molecule has 2 heterocycles. The lowest BCUT2D eigenvalue weighted by molar-refractivity contribution is 0.947. The largest absolute Gasteiger partial charge is 0.349 e. The van der Waals surface area contributed by atoms with E-state index in [0.29, 0.717) is 23.3 Å². The Bertz CT molecular complexity index is 794. The Kier molecular flexibility index (Phi) is 4.63. The number of pyridine rings is 1. The van der Waals surface area contributed by atoms with Crippen molar-refractivity contribution in [1.29, 1.82) is 0 Å². The molecule has 0 saturated carbocycles. The molecule has 3 rings (SSSR count). The Hall–Kier alpha value is -2.73. The Labute approximate surface area is 139 Å². The normalized spacial score (nSPS) is 10.3. The Morgan fingerprint density at radius 2 is 1.96 bits per heavy atom. The lowest BCUT2D eigenvalue weighted by Gasteiger charge is -2.10. The minimum absolute atomic E-state index is 0.457. The molecule has 3 aromatic rings. The summed E-state index contributed by atoms with van der Waals surface area (Å²) in [6.07, 6.45) is 5.07. The molecule has 0 spiro atoms. The van der Waals surface area contributed by atoms with Gasteiger partial charge >= 0.3 is 0 Å². The summed E-state index contributed by atoms with van der Waals surface area (Å²) in [5.41, 5.74) is 3.05. The van der Waals surface area contributed by atoms with Gasteiger partial charge in [-0.05, 0) is 48.4 Å². The number of hydrogen-bond donors (Lipinski definition) is 2. The minimum Gasteiger partial charge on any atom is -0.349 e. The molecule has 7 heteroatoms. The fourth-order valence-corrected chi connectivity index (χ4v) is 2.25. The van der Waals surface area contributed by atoms with E-state index in [4.69, 9.17) is 11.6 Å². The summed E-state index contributed by atoms with van der Waals surface area (Å²) in [4.78, 5) is 8.39. The summed E-state index contributed by atoms with van der Waals surface area (Å²) in [7, 11) is 0. The summed E-state index contributed by atoms with van der Waals surface area (Å²) in [5.74, 6) is 1.07. The van der Waals surface area contributed by atoms with Crippen molar-refractivity contribution in [2.24, 2.45) is 0 Å². The number of benzene rings is 1. The number of halogens is 1. The van der Waals surface area contributed by atoms with Gasteiger partial charge in [0.25, 0.3) is 0 Å². The van der Waals surface area contributed by atoms with Crippen LogP contribution < -0.4 is 10.6 Å². The maximum absolute atomic E-state index is 5.96. The maximum Gasteiger partial charge on any atom is 0.244 e. The topological polar surface area (TPSA) is 75.6 Å². The average molecular weight is 327 g/mol. The first-order valence-electron chi connectivity index (χ1n) is 7.06. The molecule has 0 aliphatic carbocycles. The highest BCUT2D eigenvalue weighted by Crippen LogP contribution is 2.22. The first-order chi connectivity index (χ1) is 11.2. The molecule has 0 radical (unpaired) electrons. The van der Waals surface area contributed by atoms with E-state index < -0.39 is 0 Å². The van der Waals surface area contributed by atoms with Crippen molar-refractivity contribution >= 4 is 29.1 Å². The highest BCUT2D eigenvalue weighted by atomic mass is 35.5. The van der Waals surface area contributed by atoms with Gasteiger partial charge in [0.15, 0.2) is 5.82 Å². The van der Waals surface area contributed by atoms with Gasteiger partial charge in [0.2, 0.25) is 5.95 Å². The highest BCUT2D eigenvalue weighted by Gasteiger charge is 2.04. The second-order valence-corrected chi connectivity index (χ2v) is 5.39.